The van der Waals surface area contributed by atoms with Crippen molar-refractivity contribution in [3.8, 4) is 0 Å². The van der Waals surface area contributed by atoms with Crippen molar-refractivity contribution in [3.05, 3.63) is 71.3 Å². The summed E-state index contributed by atoms with van der Waals surface area (Å²) < 4.78 is 17.6. The van der Waals surface area contributed by atoms with Crippen LogP contribution in [0.4, 0.5) is 0 Å². The lowest BCUT2D eigenvalue weighted by atomic mass is 9.95. The fourth-order valence-electron chi connectivity index (χ4n) is 2.58. The summed E-state index contributed by atoms with van der Waals surface area (Å²) in [4.78, 5) is 0.789. The van der Waals surface area contributed by atoms with Gasteiger partial charge in [-0.25, -0.2) is 4.21 Å². The Kier molecular flexibility index (Phi) is 3.68. The Hall–Kier alpha value is -1.87. The molecule has 0 radical (unpaired) electrons. The van der Waals surface area contributed by atoms with Crippen LogP contribution in [-0.4, -0.2) is 10.5 Å². The fraction of sp³-hybridized carbons (Fsp3) is 0.222. The van der Waals surface area contributed by atoms with Crippen LogP contribution in [0.5, 0.6) is 0 Å². The molecule has 2 aromatic rings. The molecule has 3 rings (SSSR count). The van der Waals surface area contributed by atoms with Crippen molar-refractivity contribution in [2.24, 2.45) is 4.36 Å². The smallest absolute Gasteiger partial charge is 0.0771 e. The maximum absolute atomic E-state index is 13.0. The number of fused-ring (bicyclic) bond motifs is 1. The molecule has 0 N–H and O–H groups in total. The summed E-state index contributed by atoms with van der Waals surface area (Å²) in [5, 5.41) is 0. The molecule has 0 saturated carbocycles. The highest BCUT2D eigenvalue weighted by molar-refractivity contribution is 7.93. The van der Waals surface area contributed by atoms with Gasteiger partial charge in [0.15, 0.2) is 0 Å². The van der Waals surface area contributed by atoms with E-state index < -0.39 is 9.73 Å². The lowest BCUT2D eigenvalue weighted by Crippen LogP contribution is -2.02. The van der Waals surface area contributed by atoms with E-state index in [0.717, 1.165) is 34.6 Å². The van der Waals surface area contributed by atoms with Gasteiger partial charge in [0.2, 0.25) is 0 Å². The first-order valence-electron chi connectivity index (χ1n) is 7.13. The largest absolute Gasteiger partial charge is 0.245 e. The van der Waals surface area contributed by atoms with Gasteiger partial charge in [0.05, 0.1) is 15.4 Å². The monoisotopic (exact) mass is 297 g/mol. The number of hydrogen-bond acceptors (Lipinski definition) is 2. The van der Waals surface area contributed by atoms with Crippen molar-refractivity contribution in [2.75, 3.05) is 6.26 Å². The van der Waals surface area contributed by atoms with Crippen molar-refractivity contribution >= 4 is 15.4 Å². The van der Waals surface area contributed by atoms with E-state index in [2.05, 4.69) is 22.6 Å². The molecule has 0 spiro atoms. The summed E-state index contributed by atoms with van der Waals surface area (Å²) in [5.41, 5.74) is 4.43. The molecule has 0 aliphatic heterocycles. The Morgan fingerprint density at radius 1 is 1.05 bits per heavy atom. The molecule has 0 bridgehead atoms. The van der Waals surface area contributed by atoms with Crippen molar-refractivity contribution in [2.45, 2.75) is 24.7 Å². The van der Waals surface area contributed by atoms with E-state index in [1.807, 2.05) is 43.3 Å². The quantitative estimate of drug-likeness (QED) is 0.806. The summed E-state index contributed by atoms with van der Waals surface area (Å²) in [7, 11) is -2.41. The van der Waals surface area contributed by atoms with E-state index in [9.17, 15) is 4.21 Å². The van der Waals surface area contributed by atoms with Crippen LogP contribution in [0.1, 0.15) is 23.1 Å². The second-order valence-corrected chi connectivity index (χ2v) is 7.75. The Morgan fingerprint density at radius 3 is 2.52 bits per heavy atom. The van der Waals surface area contributed by atoms with Gasteiger partial charge in [0.1, 0.15) is 0 Å². The van der Waals surface area contributed by atoms with Crippen LogP contribution in [0.15, 0.2) is 63.9 Å². The van der Waals surface area contributed by atoms with Crippen LogP contribution < -0.4 is 0 Å². The minimum absolute atomic E-state index is 0.789. The number of nitrogens with zero attached hydrogens (tertiary/aromatic N) is 1. The van der Waals surface area contributed by atoms with E-state index in [-0.39, 0.29) is 0 Å². The number of rotatable bonds is 2. The molecule has 3 heteroatoms. The summed E-state index contributed by atoms with van der Waals surface area (Å²) >= 11 is 0. The first kappa shape index (κ1) is 14.1. The van der Waals surface area contributed by atoms with Crippen LogP contribution in [0.2, 0.25) is 0 Å². The van der Waals surface area contributed by atoms with Gasteiger partial charge in [-0.15, -0.1) is 0 Å². The highest BCUT2D eigenvalue weighted by atomic mass is 32.2. The lowest BCUT2D eigenvalue weighted by molar-refractivity contribution is 0.681. The first-order chi connectivity index (χ1) is 10.1. The fourth-order valence-corrected chi connectivity index (χ4v) is 3.87. The minimum Gasteiger partial charge on any atom is -0.245 e. The number of hydrogen-bond donors (Lipinski definition) is 0. The molecule has 1 aliphatic carbocycles. The third kappa shape index (κ3) is 2.93. The normalized spacial score (nSPS) is 16.6. The molecule has 2 aromatic carbocycles. The predicted octanol–water partition coefficient (Wildman–Crippen LogP) is 4.44. The third-order valence-electron chi connectivity index (χ3n) is 3.78. The molecule has 21 heavy (non-hydrogen) atoms. The van der Waals surface area contributed by atoms with Gasteiger partial charge in [0, 0.05) is 16.7 Å². The molecule has 0 aromatic heterocycles. The predicted molar refractivity (Wildman–Crippen MR) is 88.7 cm³/mol. The van der Waals surface area contributed by atoms with Gasteiger partial charge < -0.3 is 0 Å². The third-order valence-corrected chi connectivity index (χ3v) is 5.47. The SMILES string of the molecule is Cc1ccc(S(C)(=O)=NC2=CCCc3ccccc32)cc1. The standard InChI is InChI=1S/C18H19NOS/c1-14-10-12-16(13-11-14)21(2,20)19-18-9-5-7-15-6-3-4-8-17(15)18/h3-4,6,8-13H,5,7H2,1-2H3. The molecular formula is C18H19NOS. The lowest BCUT2D eigenvalue weighted by Gasteiger charge is -2.15. The molecule has 2 nitrogen and oxygen atoms in total. The van der Waals surface area contributed by atoms with Crippen molar-refractivity contribution < 1.29 is 4.21 Å². The maximum atomic E-state index is 13.0. The van der Waals surface area contributed by atoms with Crippen LogP contribution in [0, 0.1) is 6.92 Å². The van der Waals surface area contributed by atoms with Crippen LogP contribution in [-0.2, 0) is 16.1 Å². The van der Waals surface area contributed by atoms with Crippen LogP contribution in [0.3, 0.4) is 0 Å². The van der Waals surface area contributed by atoms with Gasteiger partial charge in [-0.1, -0.05) is 48.0 Å². The number of benzene rings is 2. The van der Waals surface area contributed by atoms with Crippen molar-refractivity contribution in [3.63, 3.8) is 0 Å². The molecular weight excluding hydrogens is 278 g/mol. The molecule has 0 saturated heterocycles. The summed E-state index contributed by atoms with van der Waals surface area (Å²) in [6.45, 7) is 2.03. The zero-order chi connectivity index (χ0) is 14.9. The van der Waals surface area contributed by atoms with E-state index in [4.69, 9.17) is 0 Å². The molecule has 1 atom stereocenters. The Labute approximate surface area is 126 Å². The van der Waals surface area contributed by atoms with Gasteiger partial charge in [0.25, 0.3) is 0 Å². The van der Waals surface area contributed by atoms with Crippen LogP contribution >= 0.6 is 0 Å². The summed E-state index contributed by atoms with van der Waals surface area (Å²) in [6, 6.07) is 16.0. The van der Waals surface area contributed by atoms with E-state index in [1.165, 1.54) is 5.56 Å². The van der Waals surface area contributed by atoms with Crippen molar-refractivity contribution in [1.29, 1.82) is 0 Å². The Morgan fingerprint density at radius 2 is 1.76 bits per heavy atom. The van der Waals surface area contributed by atoms with Crippen LogP contribution in [0.25, 0.3) is 5.70 Å². The second kappa shape index (κ2) is 5.49. The molecule has 0 amide bonds. The zero-order valence-electron chi connectivity index (χ0n) is 12.4. The maximum Gasteiger partial charge on any atom is 0.0771 e. The molecule has 0 fully saturated rings. The van der Waals surface area contributed by atoms with E-state index >= 15 is 0 Å². The molecule has 0 heterocycles. The van der Waals surface area contributed by atoms with Gasteiger partial charge >= 0.3 is 0 Å². The van der Waals surface area contributed by atoms with Gasteiger partial charge in [-0.2, -0.15) is 4.36 Å². The summed E-state index contributed by atoms with van der Waals surface area (Å²) in [5.74, 6) is 0. The molecule has 1 unspecified atom stereocenters. The molecule has 1 aliphatic rings. The van der Waals surface area contributed by atoms with E-state index in [0.29, 0.717) is 0 Å². The molecule has 108 valence electrons. The first-order valence-corrected chi connectivity index (χ1v) is 9.06. The van der Waals surface area contributed by atoms with Gasteiger partial charge in [-0.05, 0) is 37.5 Å². The minimum atomic E-state index is -2.41. The van der Waals surface area contributed by atoms with Crippen molar-refractivity contribution in [1.82, 2.24) is 0 Å². The van der Waals surface area contributed by atoms with E-state index in [1.54, 1.807) is 6.26 Å². The average Bonchev–Trinajstić information content (AvgIpc) is 2.48. The topological polar surface area (TPSA) is 29.4 Å². The average molecular weight is 297 g/mol. The van der Waals surface area contributed by atoms with Gasteiger partial charge in [-0.3, -0.25) is 0 Å². The summed E-state index contributed by atoms with van der Waals surface area (Å²) in [6.07, 6.45) is 5.80. The number of aryl methyl sites for hydroxylation is 2. The zero-order valence-corrected chi connectivity index (χ0v) is 13.2. The Bertz CT molecular complexity index is 809. The highest BCUT2D eigenvalue weighted by Crippen LogP contribution is 2.29. The Balaban J connectivity index is 2.07. The number of allylic oxidation sites excluding steroid dienone is 1. The second-order valence-electron chi connectivity index (χ2n) is 5.49. The highest BCUT2D eigenvalue weighted by Gasteiger charge is 2.14.